The highest BCUT2D eigenvalue weighted by atomic mass is 16.5. The molecule has 0 spiro atoms. The second-order valence-corrected chi connectivity index (χ2v) is 4.78. The van der Waals surface area contributed by atoms with Gasteiger partial charge in [-0.15, -0.1) is 0 Å². The second-order valence-electron chi connectivity index (χ2n) is 4.78. The van der Waals surface area contributed by atoms with Crippen LogP contribution >= 0.6 is 0 Å². The molecule has 0 saturated carbocycles. The lowest BCUT2D eigenvalue weighted by Gasteiger charge is -2.29. The second kappa shape index (κ2) is 7.39. The maximum Gasteiger partial charge on any atom is 0.225 e. The molecule has 1 amide bonds. The lowest BCUT2D eigenvalue weighted by Crippen LogP contribution is -2.42. The predicted molar refractivity (Wildman–Crippen MR) is 76.2 cm³/mol. The Kier molecular flexibility index (Phi) is 5.28. The van der Waals surface area contributed by atoms with Crippen LogP contribution in [0.3, 0.4) is 0 Å². The molecule has 1 heterocycles. The summed E-state index contributed by atoms with van der Waals surface area (Å²) in [6.07, 6.45) is -0.0432. The fourth-order valence-electron chi connectivity index (χ4n) is 2.09. The van der Waals surface area contributed by atoms with Crippen molar-refractivity contribution in [2.45, 2.75) is 12.5 Å². The number of hydrogen-bond acceptors (Lipinski definition) is 5. The highest BCUT2D eigenvalue weighted by Gasteiger charge is 2.20. The maximum absolute atomic E-state index is 11.9. The number of nitriles is 2. The van der Waals surface area contributed by atoms with Gasteiger partial charge in [-0.05, 0) is 24.3 Å². The zero-order chi connectivity index (χ0) is 15.1. The Morgan fingerprint density at radius 3 is 2.81 bits per heavy atom. The summed E-state index contributed by atoms with van der Waals surface area (Å²) in [5.41, 5.74) is 1.24. The first kappa shape index (κ1) is 15.0. The fraction of sp³-hybridized carbons (Fsp3) is 0.400. The van der Waals surface area contributed by atoms with Crippen molar-refractivity contribution in [1.29, 1.82) is 10.5 Å². The molecule has 1 atom stereocenters. The summed E-state index contributed by atoms with van der Waals surface area (Å²) in [4.78, 5) is 13.9. The van der Waals surface area contributed by atoms with Gasteiger partial charge in [0.1, 0.15) is 0 Å². The van der Waals surface area contributed by atoms with Crippen LogP contribution in [0.2, 0.25) is 0 Å². The molecule has 1 aliphatic heterocycles. The number of hydrogen-bond donors (Lipinski definition) is 1. The number of anilines is 1. The van der Waals surface area contributed by atoms with Crippen molar-refractivity contribution in [2.24, 2.45) is 0 Å². The van der Waals surface area contributed by atoms with E-state index in [1.54, 1.807) is 24.3 Å². The Bertz CT molecular complexity index is 571. The third-order valence-corrected chi connectivity index (χ3v) is 3.25. The SMILES string of the molecule is N#Cc1ccc(NC(=O)CCN2CCOC(C#N)C2)cc1. The van der Waals surface area contributed by atoms with Crippen molar-refractivity contribution in [1.82, 2.24) is 4.90 Å². The summed E-state index contributed by atoms with van der Waals surface area (Å²) in [6.45, 7) is 2.40. The summed E-state index contributed by atoms with van der Waals surface area (Å²) in [7, 11) is 0. The van der Waals surface area contributed by atoms with E-state index in [9.17, 15) is 4.79 Å². The maximum atomic E-state index is 11.9. The van der Waals surface area contributed by atoms with E-state index in [2.05, 4.69) is 16.3 Å². The zero-order valence-corrected chi connectivity index (χ0v) is 11.6. The van der Waals surface area contributed by atoms with Gasteiger partial charge in [0.15, 0.2) is 6.10 Å². The largest absolute Gasteiger partial charge is 0.361 e. The Morgan fingerprint density at radius 1 is 1.38 bits per heavy atom. The van der Waals surface area contributed by atoms with Crippen LogP contribution in [0.25, 0.3) is 0 Å². The molecule has 0 aliphatic carbocycles. The van der Waals surface area contributed by atoms with E-state index < -0.39 is 6.10 Å². The third-order valence-electron chi connectivity index (χ3n) is 3.25. The molecule has 1 unspecified atom stereocenters. The molecule has 0 radical (unpaired) electrons. The third kappa shape index (κ3) is 4.57. The minimum Gasteiger partial charge on any atom is -0.361 e. The van der Waals surface area contributed by atoms with Crippen molar-refractivity contribution in [2.75, 3.05) is 31.6 Å². The first-order chi connectivity index (χ1) is 10.2. The number of nitrogens with zero attached hydrogens (tertiary/aromatic N) is 3. The molecular formula is C15H16N4O2. The summed E-state index contributed by atoms with van der Waals surface area (Å²) >= 11 is 0. The molecule has 108 valence electrons. The number of ether oxygens (including phenoxy) is 1. The van der Waals surface area contributed by atoms with Crippen LogP contribution in [0.4, 0.5) is 5.69 Å². The van der Waals surface area contributed by atoms with Crippen molar-refractivity contribution in [3.05, 3.63) is 29.8 Å². The number of nitrogens with one attached hydrogen (secondary N) is 1. The molecule has 6 heteroatoms. The first-order valence-electron chi connectivity index (χ1n) is 6.75. The first-order valence-corrected chi connectivity index (χ1v) is 6.75. The van der Waals surface area contributed by atoms with E-state index in [4.69, 9.17) is 15.3 Å². The topological polar surface area (TPSA) is 89.2 Å². The molecule has 6 nitrogen and oxygen atoms in total. The van der Waals surface area contributed by atoms with Gasteiger partial charge in [0.2, 0.25) is 5.91 Å². The summed E-state index contributed by atoms with van der Waals surface area (Å²) in [6, 6.07) is 10.8. The number of morpholine rings is 1. The van der Waals surface area contributed by atoms with Crippen LogP contribution in [-0.4, -0.2) is 43.2 Å². The monoisotopic (exact) mass is 284 g/mol. The molecule has 0 aromatic heterocycles. The average Bonchev–Trinajstić information content (AvgIpc) is 2.54. The summed E-state index contributed by atoms with van der Waals surface area (Å²) in [5.74, 6) is -0.0836. The average molecular weight is 284 g/mol. The number of rotatable bonds is 4. The van der Waals surface area contributed by atoms with Gasteiger partial charge in [0.25, 0.3) is 0 Å². The van der Waals surface area contributed by atoms with Gasteiger partial charge in [0, 0.05) is 31.7 Å². The molecule has 21 heavy (non-hydrogen) atoms. The lowest BCUT2D eigenvalue weighted by molar-refractivity contribution is -0.116. The number of amides is 1. The van der Waals surface area contributed by atoms with Gasteiger partial charge < -0.3 is 10.1 Å². The Balaban J connectivity index is 1.77. The molecule has 1 fully saturated rings. The number of carbonyl (C=O) groups is 1. The highest BCUT2D eigenvalue weighted by molar-refractivity contribution is 5.90. The molecule has 2 rings (SSSR count). The van der Waals surface area contributed by atoms with Crippen molar-refractivity contribution >= 4 is 11.6 Å². The van der Waals surface area contributed by atoms with Crippen molar-refractivity contribution < 1.29 is 9.53 Å². The van der Waals surface area contributed by atoms with E-state index in [1.807, 2.05) is 6.07 Å². The van der Waals surface area contributed by atoms with E-state index in [-0.39, 0.29) is 5.91 Å². The van der Waals surface area contributed by atoms with Crippen LogP contribution < -0.4 is 5.32 Å². The minimum absolute atomic E-state index is 0.0836. The van der Waals surface area contributed by atoms with Crippen LogP contribution in [0, 0.1) is 22.7 Å². The van der Waals surface area contributed by atoms with E-state index in [1.165, 1.54) is 0 Å². The van der Waals surface area contributed by atoms with Crippen LogP contribution in [0.1, 0.15) is 12.0 Å². The quantitative estimate of drug-likeness (QED) is 0.894. The smallest absolute Gasteiger partial charge is 0.225 e. The molecule has 1 N–H and O–H groups in total. The van der Waals surface area contributed by atoms with Gasteiger partial charge in [-0.1, -0.05) is 0 Å². The standard InChI is InChI=1S/C15H16N4O2/c16-9-12-1-3-13(4-2-12)18-15(20)5-6-19-7-8-21-14(10-17)11-19/h1-4,14H,5-8,11H2,(H,18,20). The van der Waals surface area contributed by atoms with Gasteiger partial charge >= 0.3 is 0 Å². The summed E-state index contributed by atoms with van der Waals surface area (Å²) in [5, 5.41) is 20.3. The van der Waals surface area contributed by atoms with Gasteiger partial charge in [0.05, 0.1) is 24.3 Å². The normalized spacial score (nSPS) is 18.5. The van der Waals surface area contributed by atoms with E-state index >= 15 is 0 Å². The van der Waals surface area contributed by atoms with Crippen LogP contribution in [0.15, 0.2) is 24.3 Å². The predicted octanol–water partition coefficient (Wildman–Crippen LogP) is 1.11. The minimum atomic E-state index is -0.402. The molecule has 1 aromatic rings. The van der Waals surface area contributed by atoms with E-state index in [0.717, 1.165) is 6.54 Å². The van der Waals surface area contributed by atoms with Crippen molar-refractivity contribution in [3.63, 3.8) is 0 Å². The van der Waals surface area contributed by atoms with E-state index in [0.29, 0.717) is 37.4 Å². The van der Waals surface area contributed by atoms with Gasteiger partial charge in [-0.3, -0.25) is 9.69 Å². The van der Waals surface area contributed by atoms with Gasteiger partial charge in [-0.2, -0.15) is 10.5 Å². The summed E-state index contributed by atoms with van der Waals surface area (Å²) < 4.78 is 5.25. The molecule has 1 aromatic carbocycles. The highest BCUT2D eigenvalue weighted by Crippen LogP contribution is 2.10. The Labute approximate surface area is 123 Å². The molecule has 0 bridgehead atoms. The van der Waals surface area contributed by atoms with Gasteiger partial charge in [-0.25, -0.2) is 0 Å². The molecule has 1 aliphatic rings. The number of benzene rings is 1. The fourth-order valence-corrected chi connectivity index (χ4v) is 2.09. The zero-order valence-electron chi connectivity index (χ0n) is 11.6. The number of carbonyl (C=O) groups excluding carboxylic acids is 1. The van der Waals surface area contributed by atoms with Crippen LogP contribution in [-0.2, 0) is 9.53 Å². The van der Waals surface area contributed by atoms with Crippen molar-refractivity contribution in [3.8, 4) is 12.1 Å². The van der Waals surface area contributed by atoms with Crippen LogP contribution in [0.5, 0.6) is 0 Å². The Morgan fingerprint density at radius 2 is 2.14 bits per heavy atom. The molecule has 1 saturated heterocycles. The lowest BCUT2D eigenvalue weighted by atomic mass is 10.2. The Hall–Kier alpha value is -2.41. The molecular weight excluding hydrogens is 268 g/mol.